The van der Waals surface area contributed by atoms with Gasteiger partial charge in [0.05, 0.1) is 0 Å². The minimum atomic E-state index is -0.628. The summed E-state index contributed by atoms with van der Waals surface area (Å²) < 4.78 is 6.41. The van der Waals surface area contributed by atoms with E-state index < -0.39 is 17.3 Å². The van der Waals surface area contributed by atoms with Gasteiger partial charge in [-0.05, 0) is 30.4 Å². The smallest absolute Gasteiger partial charge is 0.304 e. The number of esters is 1. The first-order chi connectivity index (χ1) is 13.5. The summed E-state index contributed by atoms with van der Waals surface area (Å²) in [5, 5.41) is 5.42. The van der Waals surface area contributed by atoms with Gasteiger partial charge in [-0.25, -0.2) is 9.50 Å². The van der Waals surface area contributed by atoms with Gasteiger partial charge in [0.25, 0.3) is 5.91 Å². The molecule has 3 aromatic rings. The molecule has 0 fully saturated rings. The minimum Gasteiger partial charge on any atom is -0.445 e. The number of nitrogens with one attached hydrogen (secondary N) is 2. The summed E-state index contributed by atoms with van der Waals surface area (Å²) in [6.07, 6.45) is 4.14. The average molecular weight is 380 g/mol. The van der Waals surface area contributed by atoms with Crippen LogP contribution in [0.3, 0.4) is 0 Å². The van der Waals surface area contributed by atoms with Crippen LogP contribution in [0, 0.1) is 0 Å². The van der Waals surface area contributed by atoms with Crippen LogP contribution in [0.2, 0.25) is 0 Å². The fourth-order valence-corrected chi connectivity index (χ4v) is 3.78. The van der Waals surface area contributed by atoms with Crippen LogP contribution in [0.15, 0.2) is 41.5 Å². The summed E-state index contributed by atoms with van der Waals surface area (Å²) in [4.78, 5) is 40.2. The van der Waals surface area contributed by atoms with E-state index in [1.165, 1.54) is 30.4 Å². The molecule has 8 heteroatoms. The normalized spacial score (nSPS) is 15.8. The first-order valence-electron chi connectivity index (χ1n) is 9.12. The van der Waals surface area contributed by atoms with E-state index in [2.05, 4.69) is 27.5 Å². The first kappa shape index (κ1) is 18.0. The number of carbonyl (C=O) groups is 2. The number of nitrogens with zero attached hydrogens (tertiary/aromatic N) is 2. The lowest BCUT2D eigenvalue weighted by atomic mass is 9.82. The third kappa shape index (κ3) is 3.28. The molecule has 1 aliphatic rings. The SMILES string of the molecule is CC(=O)OCNC(=O)c1c(=O)cc(C2CCc3ccccc3C2)n2[nH]cnc12. The van der Waals surface area contributed by atoms with Crippen LogP contribution in [0.1, 0.15) is 46.4 Å². The lowest BCUT2D eigenvalue weighted by molar-refractivity contribution is -0.141. The van der Waals surface area contributed by atoms with Gasteiger partial charge in [0.2, 0.25) is 0 Å². The second-order valence-corrected chi connectivity index (χ2v) is 6.85. The number of fused-ring (bicyclic) bond motifs is 2. The van der Waals surface area contributed by atoms with Crippen LogP contribution in [0.5, 0.6) is 0 Å². The maximum Gasteiger partial charge on any atom is 0.304 e. The standard InChI is InChI=1S/C20H20N4O4/c1-12(25)28-11-22-20(27)18-17(26)9-16(24-19(18)21-10-23-24)15-7-6-13-4-2-3-5-14(13)8-15/h2-5,9-10,15H,6-8,11H2,1H3,(H,21,23)(H,22,27). The molecule has 2 N–H and O–H groups in total. The highest BCUT2D eigenvalue weighted by Gasteiger charge is 2.26. The van der Waals surface area contributed by atoms with Crippen LogP contribution in [-0.4, -0.2) is 33.2 Å². The van der Waals surface area contributed by atoms with E-state index in [9.17, 15) is 14.4 Å². The Morgan fingerprint density at radius 2 is 2.11 bits per heavy atom. The molecular formula is C20H20N4O4. The van der Waals surface area contributed by atoms with Crippen LogP contribution in [0.4, 0.5) is 0 Å². The largest absolute Gasteiger partial charge is 0.445 e. The summed E-state index contributed by atoms with van der Waals surface area (Å²) in [5.41, 5.74) is 3.22. The number of benzene rings is 1. The van der Waals surface area contributed by atoms with Crippen LogP contribution in [0.25, 0.3) is 5.65 Å². The van der Waals surface area contributed by atoms with Crippen LogP contribution in [-0.2, 0) is 22.4 Å². The Balaban J connectivity index is 1.67. The molecule has 2 aromatic heterocycles. The molecule has 0 aliphatic heterocycles. The van der Waals surface area contributed by atoms with E-state index in [0.29, 0.717) is 0 Å². The summed E-state index contributed by atoms with van der Waals surface area (Å²) in [6.45, 7) is 0.940. The highest BCUT2D eigenvalue weighted by molar-refractivity contribution is 5.99. The zero-order valence-electron chi connectivity index (χ0n) is 15.4. The van der Waals surface area contributed by atoms with Gasteiger partial charge in [-0.15, -0.1) is 0 Å². The number of aromatic nitrogens is 3. The van der Waals surface area contributed by atoms with Crippen molar-refractivity contribution in [2.45, 2.75) is 32.1 Å². The Hall–Kier alpha value is -3.42. The number of aromatic amines is 1. The van der Waals surface area contributed by atoms with E-state index in [1.807, 2.05) is 12.1 Å². The van der Waals surface area contributed by atoms with Gasteiger partial charge >= 0.3 is 5.97 Å². The minimum absolute atomic E-state index is 0.0756. The third-order valence-corrected chi connectivity index (χ3v) is 5.09. The molecular weight excluding hydrogens is 360 g/mol. The fourth-order valence-electron chi connectivity index (χ4n) is 3.78. The highest BCUT2D eigenvalue weighted by atomic mass is 16.5. The third-order valence-electron chi connectivity index (χ3n) is 5.09. The molecule has 1 aromatic carbocycles. The predicted octanol–water partition coefficient (Wildman–Crippen LogP) is 1.55. The van der Waals surface area contributed by atoms with E-state index in [1.54, 1.807) is 4.52 Å². The van der Waals surface area contributed by atoms with E-state index >= 15 is 0 Å². The lowest BCUT2D eigenvalue weighted by Crippen LogP contribution is -2.32. The van der Waals surface area contributed by atoms with Crippen molar-refractivity contribution in [1.29, 1.82) is 0 Å². The monoisotopic (exact) mass is 380 g/mol. The molecule has 8 nitrogen and oxygen atoms in total. The molecule has 1 aliphatic carbocycles. The summed E-state index contributed by atoms with van der Waals surface area (Å²) in [6, 6.07) is 9.82. The van der Waals surface area contributed by atoms with Gasteiger partial charge in [-0.3, -0.25) is 19.5 Å². The molecule has 1 unspecified atom stereocenters. The number of rotatable bonds is 4. The molecule has 1 atom stereocenters. The van der Waals surface area contributed by atoms with Gasteiger partial charge in [-0.2, -0.15) is 0 Å². The first-order valence-corrected chi connectivity index (χ1v) is 9.12. The van der Waals surface area contributed by atoms with Gasteiger partial charge in [0, 0.05) is 24.6 Å². The zero-order chi connectivity index (χ0) is 19.7. The van der Waals surface area contributed by atoms with Crippen molar-refractivity contribution in [2.24, 2.45) is 0 Å². The van der Waals surface area contributed by atoms with Crippen molar-refractivity contribution in [3.8, 4) is 0 Å². The van der Waals surface area contributed by atoms with Crippen LogP contribution >= 0.6 is 0 Å². The molecule has 0 bridgehead atoms. The summed E-state index contributed by atoms with van der Waals surface area (Å²) >= 11 is 0. The number of amides is 1. The van der Waals surface area contributed by atoms with Gasteiger partial charge in [0.1, 0.15) is 11.9 Å². The lowest BCUT2D eigenvalue weighted by Gasteiger charge is -2.25. The van der Waals surface area contributed by atoms with Crippen molar-refractivity contribution in [3.05, 3.63) is 69.3 Å². The Labute approximate surface area is 160 Å². The number of pyridine rings is 1. The van der Waals surface area contributed by atoms with E-state index in [0.717, 1.165) is 25.0 Å². The second kappa shape index (κ2) is 7.30. The number of H-pyrrole nitrogens is 1. The number of hydrogen-bond donors (Lipinski definition) is 2. The number of aryl methyl sites for hydroxylation is 1. The number of hydrogen-bond acceptors (Lipinski definition) is 5. The van der Waals surface area contributed by atoms with Crippen molar-refractivity contribution >= 4 is 17.5 Å². The van der Waals surface area contributed by atoms with Crippen LogP contribution < -0.4 is 10.7 Å². The zero-order valence-corrected chi connectivity index (χ0v) is 15.4. The fraction of sp³-hybridized carbons (Fsp3) is 0.300. The Kier molecular flexibility index (Phi) is 4.68. The van der Waals surface area contributed by atoms with Gasteiger partial charge in [0.15, 0.2) is 17.8 Å². The number of ether oxygens (including phenoxy) is 1. The second-order valence-electron chi connectivity index (χ2n) is 6.85. The number of carbonyl (C=O) groups excluding carboxylic acids is 2. The molecule has 144 valence electrons. The van der Waals surface area contributed by atoms with Crippen molar-refractivity contribution in [3.63, 3.8) is 0 Å². The van der Waals surface area contributed by atoms with Crippen molar-refractivity contribution in [1.82, 2.24) is 19.9 Å². The van der Waals surface area contributed by atoms with E-state index in [-0.39, 0.29) is 23.9 Å². The average Bonchev–Trinajstić information content (AvgIpc) is 3.15. The molecule has 4 rings (SSSR count). The molecule has 1 amide bonds. The predicted molar refractivity (Wildman–Crippen MR) is 101 cm³/mol. The topological polar surface area (TPSA) is 106 Å². The maximum atomic E-state index is 12.7. The molecule has 0 saturated heterocycles. The Morgan fingerprint density at radius 3 is 2.89 bits per heavy atom. The molecule has 2 heterocycles. The highest BCUT2D eigenvalue weighted by Crippen LogP contribution is 2.32. The van der Waals surface area contributed by atoms with E-state index in [4.69, 9.17) is 4.74 Å². The van der Waals surface area contributed by atoms with Crippen molar-refractivity contribution in [2.75, 3.05) is 6.73 Å². The van der Waals surface area contributed by atoms with Gasteiger partial charge < -0.3 is 10.1 Å². The maximum absolute atomic E-state index is 12.7. The summed E-state index contributed by atoms with van der Waals surface area (Å²) in [7, 11) is 0. The molecule has 0 saturated carbocycles. The quantitative estimate of drug-likeness (QED) is 0.528. The van der Waals surface area contributed by atoms with Crippen molar-refractivity contribution < 1.29 is 14.3 Å². The van der Waals surface area contributed by atoms with Gasteiger partial charge in [-0.1, -0.05) is 24.3 Å². The molecule has 0 radical (unpaired) electrons. The Bertz CT molecular complexity index is 1110. The molecule has 28 heavy (non-hydrogen) atoms. The molecule has 0 spiro atoms. The Morgan fingerprint density at radius 1 is 1.32 bits per heavy atom. The summed E-state index contributed by atoms with van der Waals surface area (Å²) in [5.74, 6) is -1.00.